The van der Waals surface area contributed by atoms with Crippen molar-refractivity contribution in [1.82, 2.24) is 14.7 Å². The van der Waals surface area contributed by atoms with E-state index >= 15 is 0 Å². The van der Waals surface area contributed by atoms with Crippen LogP contribution in [0.4, 0.5) is 0 Å². The topological polar surface area (TPSA) is 26.8 Å². The summed E-state index contributed by atoms with van der Waals surface area (Å²) in [6.45, 7) is 5.20. The molecule has 3 aliphatic heterocycles. The van der Waals surface area contributed by atoms with Crippen molar-refractivity contribution in [2.45, 2.75) is 31.7 Å². The van der Waals surface area contributed by atoms with Crippen LogP contribution in [0.5, 0.6) is 0 Å². The van der Waals surface area contributed by atoms with Gasteiger partial charge >= 0.3 is 0 Å². The highest BCUT2D eigenvalue weighted by atomic mass is 16.2. The SMILES string of the molecule is CN(C)C(=O)CN1C[C@@H]2CC[C@H]1CN(CCCc1ccccc1)C2. The summed E-state index contributed by atoms with van der Waals surface area (Å²) in [5.74, 6) is 0.966. The summed E-state index contributed by atoms with van der Waals surface area (Å²) in [6.07, 6.45) is 4.96. The minimum Gasteiger partial charge on any atom is -0.348 e. The minimum absolute atomic E-state index is 0.234. The van der Waals surface area contributed by atoms with Gasteiger partial charge in [-0.15, -0.1) is 0 Å². The van der Waals surface area contributed by atoms with Crippen LogP contribution >= 0.6 is 0 Å². The molecule has 132 valence electrons. The molecule has 0 saturated carbocycles. The van der Waals surface area contributed by atoms with Crippen LogP contribution in [0.1, 0.15) is 24.8 Å². The molecule has 2 bridgehead atoms. The largest absolute Gasteiger partial charge is 0.348 e. The highest BCUT2D eigenvalue weighted by Gasteiger charge is 2.35. The Hall–Kier alpha value is -1.39. The van der Waals surface area contributed by atoms with E-state index in [0.29, 0.717) is 12.6 Å². The van der Waals surface area contributed by atoms with Crippen molar-refractivity contribution in [3.8, 4) is 0 Å². The van der Waals surface area contributed by atoms with E-state index in [1.54, 1.807) is 4.90 Å². The number of hydrogen-bond donors (Lipinski definition) is 0. The molecular formula is C20H31N3O. The molecule has 0 N–H and O–H groups in total. The van der Waals surface area contributed by atoms with Gasteiger partial charge in [0.05, 0.1) is 6.54 Å². The van der Waals surface area contributed by atoms with Crippen molar-refractivity contribution in [2.75, 3.05) is 46.8 Å². The number of likely N-dealkylation sites (N-methyl/N-ethyl adjacent to an activating group) is 1. The molecule has 3 heterocycles. The number of rotatable bonds is 6. The highest BCUT2D eigenvalue weighted by Crippen LogP contribution is 2.28. The Bertz CT molecular complexity index is 531. The number of piperidine rings is 1. The summed E-state index contributed by atoms with van der Waals surface area (Å²) in [7, 11) is 3.71. The van der Waals surface area contributed by atoms with Gasteiger partial charge in [0.1, 0.15) is 0 Å². The summed E-state index contributed by atoms with van der Waals surface area (Å²) in [5.41, 5.74) is 1.44. The second-order valence-electron chi connectivity index (χ2n) is 7.66. The van der Waals surface area contributed by atoms with Gasteiger partial charge in [-0.25, -0.2) is 0 Å². The zero-order chi connectivity index (χ0) is 16.9. The fourth-order valence-corrected chi connectivity index (χ4v) is 4.12. The van der Waals surface area contributed by atoms with Crippen molar-refractivity contribution in [2.24, 2.45) is 5.92 Å². The summed E-state index contributed by atoms with van der Waals surface area (Å²) < 4.78 is 0. The van der Waals surface area contributed by atoms with Crippen LogP contribution in [-0.2, 0) is 11.2 Å². The normalized spacial score (nSPS) is 24.8. The van der Waals surface area contributed by atoms with Crippen molar-refractivity contribution in [3.05, 3.63) is 35.9 Å². The van der Waals surface area contributed by atoms with Gasteiger partial charge in [0, 0.05) is 39.8 Å². The fourth-order valence-electron chi connectivity index (χ4n) is 4.12. The average Bonchev–Trinajstić information content (AvgIpc) is 2.86. The predicted molar refractivity (Wildman–Crippen MR) is 98.0 cm³/mol. The molecule has 1 amide bonds. The molecule has 0 aliphatic carbocycles. The number of aryl methyl sites for hydroxylation is 1. The van der Waals surface area contributed by atoms with Gasteiger partial charge in [-0.3, -0.25) is 9.69 Å². The summed E-state index contributed by atoms with van der Waals surface area (Å²) in [4.78, 5) is 18.9. The third-order valence-corrected chi connectivity index (χ3v) is 5.52. The first kappa shape index (κ1) is 17.4. The number of benzene rings is 1. The van der Waals surface area contributed by atoms with Crippen LogP contribution in [0, 0.1) is 5.92 Å². The molecule has 3 aliphatic rings. The van der Waals surface area contributed by atoms with E-state index in [1.807, 2.05) is 14.1 Å². The lowest BCUT2D eigenvalue weighted by atomic mass is 9.95. The second-order valence-corrected chi connectivity index (χ2v) is 7.66. The average molecular weight is 329 g/mol. The molecular weight excluding hydrogens is 298 g/mol. The van der Waals surface area contributed by atoms with Gasteiger partial charge in [0.25, 0.3) is 0 Å². The first-order valence-electron chi connectivity index (χ1n) is 9.32. The molecule has 3 saturated heterocycles. The number of amides is 1. The van der Waals surface area contributed by atoms with Gasteiger partial charge < -0.3 is 9.80 Å². The maximum absolute atomic E-state index is 12.1. The summed E-state index contributed by atoms with van der Waals surface area (Å²) >= 11 is 0. The van der Waals surface area contributed by atoms with Crippen LogP contribution < -0.4 is 0 Å². The zero-order valence-corrected chi connectivity index (χ0v) is 15.2. The van der Waals surface area contributed by atoms with Crippen LogP contribution in [0.3, 0.4) is 0 Å². The zero-order valence-electron chi connectivity index (χ0n) is 15.2. The van der Waals surface area contributed by atoms with E-state index in [-0.39, 0.29) is 5.91 Å². The molecule has 1 aromatic carbocycles. The Labute approximate surface area is 146 Å². The van der Waals surface area contributed by atoms with Crippen molar-refractivity contribution in [1.29, 1.82) is 0 Å². The van der Waals surface area contributed by atoms with E-state index in [0.717, 1.165) is 25.4 Å². The molecule has 4 nitrogen and oxygen atoms in total. The molecule has 0 aromatic heterocycles. The van der Waals surface area contributed by atoms with E-state index < -0.39 is 0 Å². The molecule has 4 heteroatoms. The molecule has 3 fully saturated rings. The fraction of sp³-hybridized carbons (Fsp3) is 0.650. The molecule has 0 unspecified atom stereocenters. The van der Waals surface area contributed by atoms with Gasteiger partial charge in [0.15, 0.2) is 0 Å². The van der Waals surface area contributed by atoms with Crippen LogP contribution in [-0.4, -0.2) is 73.5 Å². The Kier molecular flexibility index (Phi) is 5.90. The van der Waals surface area contributed by atoms with E-state index in [1.165, 1.54) is 37.9 Å². The van der Waals surface area contributed by atoms with Gasteiger partial charge in [0.2, 0.25) is 5.91 Å². The molecule has 0 radical (unpaired) electrons. The van der Waals surface area contributed by atoms with E-state index in [2.05, 4.69) is 40.1 Å². The summed E-state index contributed by atoms with van der Waals surface area (Å²) in [6, 6.07) is 11.3. The van der Waals surface area contributed by atoms with Crippen molar-refractivity contribution < 1.29 is 4.79 Å². The quantitative estimate of drug-likeness (QED) is 0.800. The van der Waals surface area contributed by atoms with E-state index in [4.69, 9.17) is 0 Å². The minimum atomic E-state index is 0.234. The highest BCUT2D eigenvalue weighted by molar-refractivity contribution is 5.77. The smallest absolute Gasteiger partial charge is 0.236 e. The van der Waals surface area contributed by atoms with Crippen LogP contribution in [0.25, 0.3) is 0 Å². The van der Waals surface area contributed by atoms with Crippen LogP contribution in [0.15, 0.2) is 30.3 Å². The lowest BCUT2D eigenvalue weighted by Crippen LogP contribution is -2.48. The summed E-state index contributed by atoms with van der Waals surface area (Å²) in [5, 5.41) is 0. The van der Waals surface area contributed by atoms with Gasteiger partial charge in [-0.1, -0.05) is 30.3 Å². The lowest BCUT2D eigenvalue weighted by molar-refractivity contribution is -0.130. The molecule has 1 aromatic rings. The predicted octanol–water partition coefficient (Wildman–Crippen LogP) is 2.10. The second kappa shape index (κ2) is 8.13. The Morgan fingerprint density at radius 3 is 2.67 bits per heavy atom. The number of hydrogen-bond acceptors (Lipinski definition) is 3. The standard InChI is InChI=1S/C20H31N3O/c1-21(2)20(24)16-23-14-18-10-11-19(23)15-22(13-18)12-6-9-17-7-4-3-5-8-17/h3-5,7-8,18-19H,6,9-16H2,1-2H3/t18-,19+/m1/s1. The van der Waals surface area contributed by atoms with Crippen LogP contribution in [0.2, 0.25) is 0 Å². The third-order valence-electron chi connectivity index (χ3n) is 5.52. The van der Waals surface area contributed by atoms with E-state index in [9.17, 15) is 4.79 Å². The van der Waals surface area contributed by atoms with Crippen molar-refractivity contribution >= 4 is 5.91 Å². The number of carbonyl (C=O) groups excluding carboxylic acids is 1. The maximum Gasteiger partial charge on any atom is 0.236 e. The van der Waals surface area contributed by atoms with Gasteiger partial charge in [-0.2, -0.15) is 0 Å². The Morgan fingerprint density at radius 2 is 1.92 bits per heavy atom. The molecule has 2 atom stereocenters. The Morgan fingerprint density at radius 1 is 1.12 bits per heavy atom. The first-order valence-corrected chi connectivity index (χ1v) is 9.32. The third kappa shape index (κ3) is 4.58. The first-order chi connectivity index (χ1) is 11.6. The molecule has 4 rings (SSSR count). The monoisotopic (exact) mass is 329 g/mol. The van der Waals surface area contributed by atoms with Crippen molar-refractivity contribution in [3.63, 3.8) is 0 Å². The number of carbonyl (C=O) groups is 1. The lowest BCUT2D eigenvalue weighted by Gasteiger charge is -2.36. The number of nitrogens with zero attached hydrogens (tertiary/aromatic N) is 3. The maximum atomic E-state index is 12.1. The number of fused-ring (bicyclic) bond motifs is 4. The Balaban J connectivity index is 1.50. The van der Waals surface area contributed by atoms with Gasteiger partial charge in [-0.05, 0) is 43.7 Å². The molecule has 24 heavy (non-hydrogen) atoms. The molecule has 0 spiro atoms.